The molecule has 2 aromatic rings. The maximum Gasteiger partial charge on any atom is 0.228 e. The van der Waals surface area contributed by atoms with Crippen molar-refractivity contribution in [3.63, 3.8) is 0 Å². The van der Waals surface area contributed by atoms with E-state index in [0.29, 0.717) is 23.7 Å². The zero-order valence-corrected chi connectivity index (χ0v) is 8.52. The van der Waals surface area contributed by atoms with Gasteiger partial charge in [0.1, 0.15) is 11.4 Å². The van der Waals surface area contributed by atoms with Gasteiger partial charge in [0.2, 0.25) is 6.86 Å². The zero-order valence-electron chi connectivity index (χ0n) is 8.52. The normalized spacial score (nSPS) is 10.4. The summed E-state index contributed by atoms with van der Waals surface area (Å²) in [6, 6.07) is 8.71. The van der Waals surface area contributed by atoms with Crippen molar-refractivity contribution in [1.82, 2.24) is 5.16 Å². The van der Waals surface area contributed by atoms with Crippen molar-refractivity contribution < 1.29 is 13.7 Å². The minimum absolute atomic E-state index is 0.299. The molecule has 2 rings (SSSR count). The molecular formula is C11H11FN2O2. The number of nitrogens with two attached hydrogens (primary N) is 1. The molecule has 0 spiro atoms. The first-order valence-electron chi connectivity index (χ1n) is 4.78. The van der Waals surface area contributed by atoms with E-state index in [0.717, 1.165) is 5.56 Å². The van der Waals surface area contributed by atoms with E-state index < -0.39 is 6.86 Å². The van der Waals surface area contributed by atoms with Crippen LogP contribution in [0, 0.1) is 0 Å². The molecule has 0 amide bonds. The number of benzene rings is 1. The van der Waals surface area contributed by atoms with Crippen molar-refractivity contribution in [2.24, 2.45) is 5.73 Å². The molecule has 2 N–H and O–H groups in total. The van der Waals surface area contributed by atoms with Crippen LogP contribution < -0.4 is 10.5 Å². The molecule has 0 aliphatic carbocycles. The van der Waals surface area contributed by atoms with Crippen molar-refractivity contribution in [3.05, 3.63) is 36.1 Å². The molecule has 1 heterocycles. The standard InChI is InChI=1S/C11H11FN2O2/c12-7-15-9-3-1-2-8(4-9)11-5-10(6-13)16-14-11/h1-5H,6-7,13H2. The summed E-state index contributed by atoms with van der Waals surface area (Å²) in [5, 5.41) is 3.85. The maximum absolute atomic E-state index is 12.0. The largest absolute Gasteiger partial charge is 0.463 e. The van der Waals surface area contributed by atoms with Gasteiger partial charge in [-0.1, -0.05) is 17.3 Å². The number of aromatic nitrogens is 1. The first-order chi connectivity index (χ1) is 7.83. The van der Waals surface area contributed by atoms with Crippen molar-refractivity contribution >= 4 is 0 Å². The van der Waals surface area contributed by atoms with Crippen LogP contribution in [0.1, 0.15) is 5.76 Å². The summed E-state index contributed by atoms with van der Waals surface area (Å²) in [6.07, 6.45) is 0. The minimum atomic E-state index is -0.851. The van der Waals surface area contributed by atoms with E-state index in [9.17, 15) is 4.39 Å². The third-order valence-corrected chi connectivity index (χ3v) is 2.11. The molecule has 0 radical (unpaired) electrons. The third kappa shape index (κ3) is 2.20. The van der Waals surface area contributed by atoms with E-state index in [2.05, 4.69) is 5.16 Å². The van der Waals surface area contributed by atoms with E-state index in [-0.39, 0.29) is 0 Å². The van der Waals surface area contributed by atoms with E-state index in [4.69, 9.17) is 15.0 Å². The average Bonchev–Trinajstić information content (AvgIpc) is 2.78. The summed E-state index contributed by atoms with van der Waals surface area (Å²) < 4.78 is 21.7. The Labute approximate surface area is 91.8 Å². The predicted molar refractivity (Wildman–Crippen MR) is 56.4 cm³/mol. The van der Waals surface area contributed by atoms with Crippen molar-refractivity contribution in [2.45, 2.75) is 6.54 Å². The van der Waals surface area contributed by atoms with Crippen LogP contribution in [0.15, 0.2) is 34.9 Å². The van der Waals surface area contributed by atoms with Crippen LogP contribution in [0.5, 0.6) is 5.75 Å². The molecule has 84 valence electrons. The molecule has 0 atom stereocenters. The van der Waals surface area contributed by atoms with Crippen LogP contribution in [0.2, 0.25) is 0 Å². The molecule has 5 heteroatoms. The Kier molecular flexibility index (Phi) is 3.16. The van der Waals surface area contributed by atoms with Gasteiger partial charge in [0.15, 0.2) is 5.76 Å². The molecule has 0 saturated carbocycles. The monoisotopic (exact) mass is 222 g/mol. The van der Waals surface area contributed by atoms with Gasteiger partial charge >= 0.3 is 0 Å². The zero-order chi connectivity index (χ0) is 11.4. The summed E-state index contributed by atoms with van der Waals surface area (Å²) in [7, 11) is 0. The Bertz CT molecular complexity index is 471. The Morgan fingerprint density at radius 1 is 1.38 bits per heavy atom. The molecule has 0 aliphatic rings. The summed E-state index contributed by atoms with van der Waals surface area (Å²) in [4.78, 5) is 0. The second-order valence-electron chi connectivity index (χ2n) is 3.16. The predicted octanol–water partition coefficient (Wildman–Crippen LogP) is 2.11. The summed E-state index contributed by atoms with van der Waals surface area (Å²) in [6.45, 7) is -0.552. The number of hydrogen-bond acceptors (Lipinski definition) is 4. The van der Waals surface area contributed by atoms with E-state index in [1.807, 2.05) is 6.07 Å². The topological polar surface area (TPSA) is 61.3 Å². The Balaban J connectivity index is 2.28. The quantitative estimate of drug-likeness (QED) is 0.860. The lowest BCUT2D eigenvalue weighted by molar-refractivity contribution is 0.192. The van der Waals surface area contributed by atoms with Crippen molar-refractivity contribution in [3.8, 4) is 17.0 Å². The second-order valence-corrected chi connectivity index (χ2v) is 3.16. The van der Waals surface area contributed by atoms with Gasteiger partial charge in [-0.25, -0.2) is 4.39 Å². The van der Waals surface area contributed by atoms with E-state index >= 15 is 0 Å². The minimum Gasteiger partial charge on any atom is -0.463 e. The molecule has 0 unspecified atom stereocenters. The number of nitrogens with zero attached hydrogens (tertiary/aromatic N) is 1. The molecule has 1 aromatic carbocycles. The Hall–Kier alpha value is -1.88. The van der Waals surface area contributed by atoms with E-state index in [1.165, 1.54) is 0 Å². The number of hydrogen-bond donors (Lipinski definition) is 1. The van der Waals surface area contributed by atoms with Crippen LogP contribution in [0.25, 0.3) is 11.3 Å². The van der Waals surface area contributed by atoms with Crippen LogP contribution in [-0.2, 0) is 6.54 Å². The number of alkyl halides is 1. The second kappa shape index (κ2) is 4.76. The van der Waals surface area contributed by atoms with E-state index in [1.54, 1.807) is 24.3 Å². The number of rotatable bonds is 4. The van der Waals surface area contributed by atoms with Crippen LogP contribution in [0.3, 0.4) is 0 Å². The van der Waals surface area contributed by atoms with Gasteiger partial charge in [-0.3, -0.25) is 0 Å². The van der Waals surface area contributed by atoms with Crippen LogP contribution in [-0.4, -0.2) is 12.0 Å². The third-order valence-electron chi connectivity index (χ3n) is 2.11. The molecule has 0 fully saturated rings. The fourth-order valence-corrected chi connectivity index (χ4v) is 1.35. The first-order valence-corrected chi connectivity index (χ1v) is 4.78. The van der Waals surface area contributed by atoms with Gasteiger partial charge in [0.05, 0.1) is 6.54 Å². The Morgan fingerprint density at radius 2 is 2.25 bits per heavy atom. The molecule has 0 bridgehead atoms. The smallest absolute Gasteiger partial charge is 0.228 e. The number of ether oxygens (including phenoxy) is 1. The molecule has 0 aliphatic heterocycles. The average molecular weight is 222 g/mol. The summed E-state index contributed by atoms with van der Waals surface area (Å²) in [5.41, 5.74) is 6.87. The van der Waals surface area contributed by atoms with Gasteiger partial charge in [-0.15, -0.1) is 0 Å². The van der Waals surface area contributed by atoms with Gasteiger partial charge in [-0.05, 0) is 12.1 Å². The number of halogens is 1. The van der Waals surface area contributed by atoms with Crippen molar-refractivity contribution in [2.75, 3.05) is 6.86 Å². The Morgan fingerprint density at radius 3 is 2.94 bits per heavy atom. The lowest BCUT2D eigenvalue weighted by atomic mass is 10.1. The summed E-state index contributed by atoms with van der Waals surface area (Å²) >= 11 is 0. The van der Waals surface area contributed by atoms with Crippen LogP contribution in [0.4, 0.5) is 4.39 Å². The molecule has 16 heavy (non-hydrogen) atoms. The SMILES string of the molecule is NCc1cc(-c2cccc(OCF)c2)no1. The fraction of sp³-hybridized carbons (Fsp3) is 0.182. The highest BCUT2D eigenvalue weighted by atomic mass is 19.1. The highest BCUT2D eigenvalue weighted by Gasteiger charge is 2.06. The van der Waals surface area contributed by atoms with Crippen LogP contribution >= 0.6 is 0 Å². The molecule has 0 saturated heterocycles. The van der Waals surface area contributed by atoms with Gasteiger partial charge in [-0.2, -0.15) is 0 Å². The molecule has 1 aromatic heterocycles. The summed E-state index contributed by atoms with van der Waals surface area (Å²) in [5.74, 6) is 1.06. The molecular weight excluding hydrogens is 211 g/mol. The van der Waals surface area contributed by atoms with Gasteiger partial charge in [0.25, 0.3) is 0 Å². The maximum atomic E-state index is 12.0. The highest BCUT2D eigenvalue weighted by Crippen LogP contribution is 2.23. The fourth-order valence-electron chi connectivity index (χ4n) is 1.35. The van der Waals surface area contributed by atoms with Crippen molar-refractivity contribution in [1.29, 1.82) is 0 Å². The van der Waals surface area contributed by atoms with Gasteiger partial charge in [0, 0.05) is 11.6 Å². The molecule has 4 nitrogen and oxygen atoms in total. The van der Waals surface area contributed by atoms with Gasteiger partial charge < -0.3 is 15.0 Å². The lowest BCUT2D eigenvalue weighted by Gasteiger charge is -2.01. The highest BCUT2D eigenvalue weighted by molar-refractivity contribution is 5.60. The first kappa shape index (κ1) is 10.6. The lowest BCUT2D eigenvalue weighted by Crippen LogP contribution is -1.92.